The summed E-state index contributed by atoms with van der Waals surface area (Å²) in [7, 11) is 1.71. The van der Waals surface area contributed by atoms with Gasteiger partial charge in [-0.05, 0) is 6.08 Å². The van der Waals surface area contributed by atoms with Gasteiger partial charge in [0.05, 0.1) is 6.54 Å². The van der Waals surface area contributed by atoms with E-state index in [1.807, 2.05) is 0 Å². The van der Waals surface area contributed by atoms with Crippen LogP contribution in [0.25, 0.3) is 0 Å². The van der Waals surface area contributed by atoms with Crippen LogP contribution >= 0.6 is 0 Å². The summed E-state index contributed by atoms with van der Waals surface area (Å²) >= 11 is 0. The Balaban J connectivity index is 2.91. The van der Waals surface area contributed by atoms with E-state index in [2.05, 4.69) is 11.9 Å². The average Bonchev–Trinajstić information content (AvgIpc) is 2.11. The number of nitrogens with two attached hydrogens (primary N) is 1. The maximum absolute atomic E-state index is 11.2. The summed E-state index contributed by atoms with van der Waals surface area (Å²) in [6.07, 6.45) is 4.83. The average molecular weight is 179 g/mol. The zero-order valence-electron chi connectivity index (χ0n) is 7.58. The molecule has 2 amide bonds. The molecule has 4 heteroatoms. The quantitative estimate of drug-likeness (QED) is 0.617. The van der Waals surface area contributed by atoms with Gasteiger partial charge in [-0.2, -0.15) is 0 Å². The van der Waals surface area contributed by atoms with Crippen LogP contribution < -0.4 is 11.1 Å². The summed E-state index contributed by atoms with van der Waals surface area (Å²) in [6, 6.07) is -0.126. The monoisotopic (exact) mass is 179 g/mol. The fourth-order valence-electron chi connectivity index (χ4n) is 1.11. The number of urea groups is 1. The molecule has 1 heterocycles. The van der Waals surface area contributed by atoms with Gasteiger partial charge in [-0.15, -0.1) is 0 Å². The number of carbonyl (C=O) groups excluding carboxylic acids is 1. The molecule has 0 aromatic carbocycles. The van der Waals surface area contributed by atoms with E-state index in [-0.39, 0.29) is 6.03 Å². The molecule has 0 aromatic heterocycles. The molecule has 0 aromatic rings. The molecule has 1 aliphatic heterocycles. The predicted octanol–water partition coefficient (Wildman–Crippen LogP) is 0.554. The first-order valence-corrected chi connectivity index (χ1v) is 3.95. The van der Waals surface area contributed by atoms with E-state index in [1.165, 1.54) is 6.20 Å². The molecule has 3 N–H and O–H groups in total. The Bertz CT molecular complexity index is 291. The Hall–Kier alpha value is -1.71. The molecule has 1 rings (SSSR count). The Kier molecular flexibility index (Phi) is 2.74. The van der Waals surface area contributed by atoms with Crippen molar-refractivity contribution in [3.63, 3.8) is 0 Å². The second kappa shape index (κ2) is 3.80. The minimum absolute atomic E-state index is 0.126. The Labute approximate surface area is 77.4 Å². The van der Waals surface area contributed by atoms with E-state index in [0.29, 0.717) is 6.54 Å². The van der Waals surface area contributed by atoms with E-state index < -0.39 is 0 Å². The van der Waals surface area contributed by atoms with Crippen LogP contribution in [0.4, 0.5) is 4.79 Å². The highest BCUT2D eigenvalue weighted by molar-refractivity contribution is 5.79. The van der Waals surface area contributed by atoms with Crippen LogP contribution in [0.1, 0.15) is 0 Å². The third kappa shape index (κ3) is 1.90. The number of nitrogens with one attached hydrogen (secondary N) is 1. The van der Waals surface area contributed by atoms with E-state index >= 15 is 0 Å². The van der Waals surface area contributed by atoms with Crippen LogP contribution in [0.2, 0.25) is 0 Å². The van der Waals surface area contributed by atoms with Crippen molar-refractivity contribution in [1.29, 1.82) is 0 Å². The number of nitrogens with zero attached hydrogens (tertiary/aromatic N) is 1. The van der Waals surface area contributed by atoms with Gasteiger partial charge >= 0.3 is 6.03 Å². The first-order chi connectivity index (χ1) is 6.19. The molecular formula is C9H13N3O. The maximum atomic E-state index is 11.2. The first kappa shape index (κ1) is 9.38. The van der Waals surface area contributed by atoms with Crippen LogP contribution in [0, 0.1) is 0 Å². The van der Waals surface area contributed by atoms with Crippen LogP contribution in [0.5, 0.6) is 0 Å². The van der Waals surface area contributed by atoms with Gasteiger partial charge < -0.3 is 16.0 Å². The molecule has 0 unspecified atom stereocenters. The number of rotatable bonds is 1. The molecule has 1 fully saturated rings. The molecule has 1 aliphatic rings. The smallest absolute Gasteiger partial charge is 0.321 e. The molecule has 0 spiro atoms. The number of hydrogen-bond acceptors (Lipinski definition) is 2. The Morgan fingerprint density at radius 2 is 2.38 bits per heavy atom. The van der Waals surface area contributed by atoms with Crippen molar-refractivity contribution < 1.29 is 4.79 Å². The van der Waals surface area contributed by atoms with E-state index in [1.54, 1.807) is 24.1 Å². The summed E-state index contributed by atoms with van der Waals surface area (Å²) in [5.41, 5.74) is 7.03. The fourth-order valence-corrected chi connectivity index (χ4v) is 1.11. The van der Waals surface area contributed by atoms with Gasteiger partial charge in [-0.25, -0.2) is 4.79 Å². The summed E-state index contributed by atoms with van der Waals surface area (Å²) in [5.74, 6) is 0. The van der Waals surface area contributed by atoms with Gasteiger partial charge in [0, 0.05) is 24.5 Å². The van der Waals surface area contributed by atoms with Gasteiger partial charge in [0.2, 0.25) is 0 Å². The summed E-state index contributed by atoms with van der Waals surface area (Å²) in [5, 5.41) is 2.70. The van der Waals surface area contributed by atoms with Gasteiger partial charge in [-0.3, -0.25) is 0 Å². The molecule has 0 radical (unpaired) electrons. The first-order valence-electron chi connectivity index (χ1n) is 3.95. The number of amides is 2. The lowest BCUT2D eigenvalue weighted by Gasteiger charge is -2.27. The lowest BCUT2D eigenvalue weighted by atomic mass is 10.1. The lowest BCUT2D eigenvalue weighted by molar-refractivity contribution is 0.211. The molecule has 70 valence electrons. The minimum Gasteiger partial charge on any atom is -0.404 e. The van der Waals surface area contributed by atoms with Crippen LogP contribution in [0.15, 0.2) is 36.2 Å². The molecule has 0 saturated carbocycles. The molecule has 4 nitrogen and oxygen atoms in total. The van der Waals surface area contributed by atoms with Gasteiger partial charge in [0.15, 0.2) is 0 Å². The van der Waals surface area contributed by atoms with Gasteiger partial charge in [0.1, 0.15) is 0 Å². The zero-order valence-corrected chi connectivity index (χ0v) is 7.58. The molecular weight excluding hydrogens is 166 g/mol. The standard InChI is InChI=1S/C9H13N3O/c1-3-4-8-7(5-10)6-12(2)9(13)11-8/h3-5H,1,6,10H2,2H3,(H,11,13). The number of carbonyl (C=O) groups is 1. The number of likely N-dealkylation sites (N-methyl/N-ethyl adjacent to an activating group) is 1. The van der Waals surface area contributed by atoms with Crippen LogP contribution in [0.3, 0.4) is 0 Å². The highest BCUT2D eigenvalue weighted by Gasteiger charge is 2.20. The second-order valence-corrected chi connectivity index (χ2v) is 2.79. The van der Waals surface area contributed by atoms with E-state index in [0.717, 1.165) is 11.3 Å². The molecule has 0 atom stereocenters. The summed E-state index contributed by atoms with van der Waals surface area (Å²) in [6.45, 7) is 4.09. The minimum atomic E-state index is -0.126. The highest BCUT2D eigenvalue weighted by Crippen LogP contribution is 2.13. The van der Waals surface area contributed by atoms with Crippen molar-refractivity contribution in [1.82, 2.24) is 10.2 Å². The van der Waals surface area contributed by atoms with Crippen LogP contribution in [-0.4, -0.2) is 24.5 Å². The SMILES string of the molecule is C=CC=C1NC(=O)N(C)CC1=CN. The van der Waals surface area contributed by atoms with Crippen LogP contribution in [-0.2, 0) is 0 Å². The Morgan fingerprint density at radius 1 is 1.69 bits per heavy atom. The van der Waals surface area contributed by atoms with Crippen molar-refractivity contribution >= 4 is 6.03 Å². The molecule has 1 saturated heterocycles. The maximum Gasteiger partial charge on any atom is 0.321 e. The van der Waals surface area contributed by atoms with Gasteiger partial charge in [-0.1, -0.05) is 12.7 Å². The van der Waals surface area contributed by atoms with Crippen molar-refractivity contribution in [2.45, 2.75) is 0 Å². The second-order valence-electron chi connectivity index (χ2n) is 2.79. The predicted molar refractivity (Wildman–Crippen MR) is 51.7 cm³/mol. The largest absolute Gasteiger partial charge is 0.404 e. The fraction of sp³-hybridized carbons (Fsp3) is 0.222. The van der Waals surface area contributed by atoms with Crippen molar-refractivity contribution in [2.75, 3.05) is 13.6 Å². The Morgan fingerprint density at radius 3 is 2.92 bits per heavy atom. The molecule has 13 heavy (non-hydrogen) atoms. The third-order valence-corrected chi connectivity index (χ3v) is 1.83. The van der Waals surface area contributed by atoms with E-state index in [4.69, 9.17) is 5.73 Å². The van der Waals surface area contributed by atoms with Crippen molar-refractivity contribution in [3.8, 4) is 0 Å². The molecule has 0 bridgehead atoms. The number of allylic oxidation sites excluding steroid dienone is 2. The summed E-state index contributed by atoms with van der Waals surface area (Å²) in [4.78, 5) is 12.8. The highest BCUT2D eigenvalue weighted by atomic mass is 16.2. The van der Waals surface area contributed by atoms with Gasteiger partial charge in [0.25, 0.3) is 0 Å². The topological polar surface area (TPSA) is 58.4 Å². The number of hydrogen-bond donors (Lipinski definition) is 2. The zero-order chi connectivity index (χ0) is 9.84. The van der Waals surface area contributed by atoms with E-state index in [9.17, 15) is 4.79 Å². The van der Waals surface area contributed by atoms with Crippen molar-refractivity contribution in [2.24, 2.45) is 5.73 Å². The normalized spacial score (nSPS) is 23.5. The molecule has 0 aliphatic carbocycles. The lowest BCUT2D eigenvalue weighted by Crippen LogP contribution is -2.44. The third-order valence-electron chi connectivity index (χ3n) is 1.83. The summed E-state index contributed by atoms with van der Waals surface area (Å²) < 4.78 is 0. The van der Waals surface area contributed by atoms with Crippen molar-refractivity contribution in [3.05, 3.63) is 36.2 Å².